The minimum atomic E-state index is -1.01. The monoisotopic (exact) mass is 388 g/mol. The van der Waals surface area contributed by atoms with Crippen molar-refractivity contribution in [2.45, 2.75) is 32.9 Å². The highest BCUT2D eigenvalue weighted by molar-refractivity contribution is 6.30. The fraction of sp³-hybridized carbons (Fsp3) is 0.250. The second kappa shape index (κ2) is 9.19. The molecule has 2 N–H and O–H groups in total. The van der Waals surface area contributed by atoms with Crippen molar-refractivity contribution in [2.75, 3.05) is 5.32 Å². The number of anilines is 1. The second-order valence-corrected chi connectivity index (χ2v) is 6.57. The van der Waals surface area contributed by atoms with Gasteiger partial charge in [0, 0.05) is 16.3 Å². The molecule has 0 saturated heterocycles. The lowest BCUT2D eigenvalue weighted by molar-refractivity contribution is -0.154. The van der Waals surface area contributed by atoms with Crippen molar-refractivity contribution in [3.63, 3.8) is 0 Å². The summed E-state index contributed by atoms with van der Waals surface area (Å²) in [5, 5.41) is 5.70. The van der Waals surface area contributed by atoms with Gasteiger partial charge in [-0.05, 0) is 57.2 Å². The maximum atomic E-state index is 12.1. The van der Waals surface area contributed by atoms with Crippen molar-refractivity contribution in [2.24, 2.45) is 0 Å². The topological polar surface area (TPSA) is 84.5 Å². The molecule has 6 nitrogen and oxygen atoms in total. The van der Waals surface area contributed by atoms with Crippen molar-refractivity contribution in [3.05, 3.63) is 64.7 Å². The Kier molecular flexibility index (Phi) is 6.96. The van der Waals surface area contributed by atoms with Crippen LogP contribution in [0, 0.1) is 6.92 Å². The standard InChI is InChI=1S/C20H21ClN2O4/c1-12-4-10-17(11-5-12)23-18(24)14(3)27-20(26)13(2)22-19(25)15-6-8-16(21)9-7-15/h4-11,13-14H,1-3H3,(H,22,25)(H,23,24)/t13-,14-/m0/s1. The van der Waals surface area contributed by atoms with Gasteiger partial charge < -0.3 is 15.4 Å². The first-order valence-corrected chi connectivity index (χ1v) is 8.78. The van der Waals surface area contributed by atoms with E-state index in [1.807, 2.05) is 19.1 Å². The molecule has 7 heteroatoms. The van der Waals surface area contributed by atoms with E-state index in [1.165, 1.54) is 13.8 Å². The fourth-order valence-corrected chi connectivity index (χ4v) is 2.28. The normalized spacial score (nSPS) is 12.6. The number of hydrogen-bond acceptors (Lipinski definition) is 4. The Balaban J connectivity index is 1.86. The lowest BCUT2D eigenvalue weighted by atomic mass is 10.2. The molecule has 0 aliphatic rings. The first kappa shape index (κ1) is 20.5. The molecule has 2 rings (SSSR count). The first-order valence-electron chi connectivity index (χ1n) is 8.40. The zero-order valence-electron chi connectivity index (χ0n) is 15.3. The largest absolute Gasteiger partial charge is 0.451 e. The van der Waals surface area contributed by atoms with Crippen LogP contribution in [0.3, 0.4) is 0 Å². The molecule has 0 fully saturated rings. The number of amides is 2. The van der Waals surface area contributed by atoms with Crippen molar-refractivity contribution in [1.29, 1.82) is 0 Å². The van der Waals surface area contributed by atoms with E-state index in [0.717, 1.165) is 5.56 Å². The van der Waals surface area contributed by atoms with Gasteiger partial charge in [0.15, 0.2) is 6.10 Å². The first-order chi connectivity index (χ1) is 12.8. The summed E-state index contributed by atoms with van der Waals surface area (Å²) in [6, 6.07) is 12.6. The fourth-order valence-electron chi connectivity index (χ4n) is 2.15. The summed E-state index contributed by atoms with van der Waals surface area (Å²) in [7, 11) is 0. The lowest BCUT2D eigenvalue weighted by Crippen LogP contribution is -2.42. The molecule has 27 heavy (non-hydrogen) atoms. The predicted octanol–water partition coefficient (Wildman–Crippen LogP) is 3.34. The Morgan fingerprint density at radius 1 is 0.963 bits per heavy atom. The highest BCUT2D eigenvalue weighted by Crippen LogP contribution is 2.11. The van der Waals surface area contributed by atoms with E-state index in [9.17, 15) is 14.4 Å². The summed E-state index contributed by atoms with van der Waals surface area (Å²) in [6.45, 7) is 4.89. The van der Waals surface area contributed by atoms with Gasteiger partial charge in [-0.15, -0.1) is 0 Å². The maximum Gasteiger partial charge on any atom is 0.329 e. The van der Waals surface area contributed by atoms with Crippen LogP contribution < -0.4 is 10.6 Å². The summed E-state index contributed by atoms with van der Waals surface area (Å²) in [5.41, 5.74) is 2.04. The highest BCUT2D eigenvalue weighted by Gasteiger charge is 2.23. The van der Waals surface area contributed by atoms with Crippen molar-refractivity contribution < 1.29 is 19.1 Å². The van der Waals surface area contributed by atoms with E-state index in [4.69, 9.17) is 16.3 Å². The van der Waals surface area contributed by atoms with E-state index >= 15 is 0 Å². The predicted molar refractivity (Wildman–Crippen MR) is 104 cm³/mol. The number of carbonyl (C=O) groups is 3. The maximum absolute atomic E-state index is 12.1. The van der Waals surface area contributed by atoms with Gasteiger partial charge in [0.2, 0.25) is 0 Å². The van der Waals surface area contributed by atoms with Crippen LogP contribution in [0.4, 0.5) is 5.69 Å². The third-order valence-electron chi connectivity index (χ3n) is 3.79. The summed E-state index contributed by atoms with van der Waals surface area (Å²) >= 11 is 5.78. The molecular weight excluding hydrogens is 368 g/mol. The number of ether oxygens (including phenoxy) is 1. The highest BCUT2D eigenvalue weighted by atomic mass is 35.5. The van der Waals surface area contributed by atoms with Crippen molar-refractivity contribution >= 4 is 35.1 Å². The summed E-state index contributed by atoms with van der Waals surface area (Å²) in [4.78, 5) is 36.4. The molecule has 2 atom stereocenters. The van der Waals surface area contributed by atoms with Crippen LogP contribution in [0.2, 0.25) is 5.02 Å². The minimum Gasteiger partial charge on any atom is -0.451 e. The zero-order chi connectivity index (χ0) is 20.0. The van der Waals surface area contributed by atoms with Crippen LogP contribution in [0.15, 0.2) is 48.5 Å². The Morgan fingerprint density at radius 2 is 1.56 bits per heavy atom. The van der Waals surface area contributed by atoms with E-state index in [0.29, 0.717) is 16.3 Å². The second-order valence-electron chi connectivity index (χ2n) is 6.14. The Morgan fingerprint density at radius 3 is 2.15 bits per heavy atom. The molecule has 0 spiro atoms. The molecule has 0 saturated carbocycles. The lowest BCUT2D eigenvalue weighted by Gasteiger charge is -2.17. The smallest absolute Gasteiger partial charge is 0.329 e. The van der Waals surface area contributed by atoms with Crippen LogP contribution in [0.1, 0.15) is 29.8 Å². The Hall–Kier alpha value is -2.86. The van der Waals surface area contributed by atoms with Crippen molar-refractivity contribution in [1.82, 2.24) is 5.32 Å². The SMILES string of the molecule is Cc1ccc(NC(=O)[C@H](C)OC(=O)[C@H](C)NC(=O)c2ccc(Cl)cc2)cc1. The Labute approximate surface area is 162 Å². The number of halogens is 1. The number of carbonyl (C=O) groups excluding carboxylic acids is 3. The van der Waals surface area contributed by atoms with Gasteiger partial charge in [-0.2, -0.15) is 0 Å². The van der Waals surface area contributed by atoms with Crippen LogP contribution in [0.5, 0.6) is 0 Å². The number of rotatable bonds is 6. The van der Waals surface area contributed by atoms with Gasteiger partial charge >= 0.3 is 5.97 Å². The number of esters is 1. The van der Waals surface area contributed by atoms with Gasteiger partial charge in [0.1, 0.15) is 6.04 Å². The van der Waals surface area contributed by atoms with Gasteiger partial charge in [-0.3, -0.25) is 9.59 Å². The van der Waals surface area contributed by atoms with Crippen LogP contribution >= 0.6 is 11.6 Å². The number of benzene rings is 2. The summed E-state index contributed by atoms with van der Waals surface area (Å²) in [6.07, 6.45) is -1.01. The molecule has 2 aromatic rings. The summed E-state index contributed by atoms with van der Waals surface area (Å²) < 4.78 is 5.14. The van der Waals surface area contributed by atoms with E-state index in [1.54, 1.807) is 36.4 Å². The molecular formula is C20H21ClN2O4. The molecule has 2 amide bonds. The average Bonchev–Trinajstić information content (AvgIpc) is 2.63. The average molecular weight is 389 g/mol. The molecule has 0 aliphatic carbocycles. The van der Waals surface area contributed by atoms with Gasteiger partial charge in [0.25, 0.3) is 11.8 Å². The van der Waals surface area contributed by atoms with Crippen LogP contribution in [-0.4, -0.2) is 29.9 Å². The number of hydrogen-bond donors (Lipinski definition) is 2. The minimum absolute atomic E-state index is 0.365. The van der Waals surface area contributed by atoms with E-state index in [2.05, 4.69) is 10.6 Å². The number of aryl methyl sites for hydroxylation is 1. The molecule has 142 valence electrons. The zero-order valence-corrected chi connectivity index (χ0v) is 16.0. The summed E-state index contributed by atoms with van der Waals surface area (Å²) in [5.74, 6) is -1.60. The molecule has 0 radical (unpaired) electrons. The van der Waals surface area contributed by atoms with Gasteiger partial charge in [0.05, 0.1) is 0 Å². The molecule has 0 aromatic heterocycles. The molecule has 2 aromatic carbocycles. The van der Waals surface area contributed by atoms with Gasteiger partial charge in [-0.1, -0.05) is 29.3 Å². The van der Waals surface area contributed by atoms with Gasteiger partial charge in [-0.25, -0.2) is 4.79 Å². The van der Waals surface area contributed by atoms with Crippen molar-refractivity contribution in [3.8, 4) is 0 Å². The molecule has 0 heterocycles. The van der Waals surface area contributed by atoms with Crippen LogP contribution in [-0.2, 0) is 14.3 Å². The molecule has 0 unspecified atom stereocenters. The Bertz CT molecular complexity index is 819. The molecule has 0 aliphatic heterocycles. The van der Waals surface area contributed by atoms with Crippen LogP contribution in [0.25, 0.3) is 0 Å². The molecule has 0 bridgehead atoms. The quantitative estimate of drug-likeness (QED) is 0.743. The van der Waals surface area contributed by atoms with E-state index in [-0.39, 0.29) is 0 Å². The third kappa shape index (κ3) is 6.11. The number of nitrogens with one attached hydrogen (secondary N) is 2. The van der Waals surface area contributed by atoms with E-state index < -0.39 is 29.9 Å². The third-order valence-corrected chi connectivity index (χ3v) is 4.04.